The number of hydrogen-bond acceptors (Lipinski definition) is 6. The second-order valence-corrected chi connectivity index (χ2v) is 8.17. The number of nitrogens with zero attached hydrogens (tertiary/aromatic N) is 2. The normalized spacial score (nSPS) is 15.0. The minimum atomic E-state index is 0.0324. The molecule has 0 saturated carbocycles. The van der Waals surface area contributed by atoms with Crippen LogP contribution in [-0.2, 0) is 11.2 Å². The number of fused-ring (bicyclic) bond motifs is 1. The number of Topliss-reactive ketones (excluding diaryl/α,β-unsaturated/α-hetero) is 1. The number of rotatable bonds is 7. The van der Waals surface area contributed by atoms with Crippen molar-refractivity contribution >= 4 is 22.8 Å². The molecular formula is C22H26N2O4S. The lowest BCUT2D eigenvalue weighted by molar-refractivity contribution is 0.0846. The van der Waals surface area contributed by atoms with Crippen LogP contribution in [0.25, 0.3) is 5.65 Å². The summed E-state index contributed by atoms with van der Waals surface area (Å²) >= 11 is 1.43. The van der Waals surface area contributed by atoms with E-state index in [1.807, 2.05) is 35.9 Å². The van der Waals surface area contributed by atoms with E-state index in [2.05, 4.69) is 6.20 Å². The van der Waals surface area contributed by atoms with Gasteiger partial charge in [-0.25, -0.2) is 4.98 Å². The lowest BCUT2D eigenvalue weighted by atomic mass is 9.97. The number of carbonyl (C=O) groups is 1. The molecule has 0 amide bonds. The maximum absolute atomic E-state index is 13.0. The number of thiophene rings is 1. The monoisotopic (exact) mass is 414 g/mol. The lowest BCUT2D eigenvalue weighted by Gasteiger charge is -2.19. The van der Waals surface area contributed by atoms with Crippen molar-refractivity contribution in [2.45, 2.75) is 39.0 Å². The highest BCUT2D eigenvalue weighted by atomic mass is 32.1. The largest absolute Gasteiger partial charge is 0.495 e. The third kappa shape index (κ3) is 4.02. The van der Waals surface area contributed by atoms with Crippen LogP contribution >= 0.6 is 11.3 Å². The summed E-state index contributed by atoms with van der Waals surface area (Å²) in [5, 5.41) is 1.95. The smallest absolute Gasteiger partial charge is 0.181 e. The highest BCUT2D eigenvalue weighted by Gasteiger charge is 2.22. The van der Waals surface area contributed by atoms with Crippen LogP contribution in [0.4, 0.5) is 0 Å². The maximum Gasteiger partial charge on any atom is 0.181 e. The summed E-state index contributed by atoms with van der Waals surface area (Å²) in [6.07, 6.45) is 6.29. The molecule has 0 N–H and O–H groups in total. The maximum atomic E-state index is 13.0. The van der Waals surface area contributed by atoms with Gasteiger partial charge in [0.2, 0.25) is 0 Å². The number of aromatic nitrogens is 2. The third-order valence-electron chi connectivity index (χ3n) is 5.32. The summed E-state index contributed by atoms with van der Waals surface area (Å²) in [4.78, 5) is 18.5. The fourth-order valence-electron chi connectivity index (χ4n) is 3.82. The van der Waals surface area contributed by atoms with Crippen LogP contribution in [0.1, 0.15) is 52.2 Å². The Kier molecular flexibility index (Phi) is 5.87. The average Bonchev–Trinajstić information content (AvgIpc) is 3.31. The van der Waals surface area contributed by atoms with E-state index in [9.17, 15) is 4.79 Å². The van der Waals surface area contributed by atoms with Crippen molar-refractivity contribution in [1.29, 1.82) is 0 Å². The Morgan fingerprint density at radius 2 is 2.14 bits per heavy atom. The number of pyridine rings is 1. The van der Waals surface area contributed by atoms with Gasteiger partial charge in [0, 0.05) is 55.1 Å². The van der Waals surface area contributed by atoms with Gasteiger partial charge in [-0.1, -0.05) is 0 Å². The highest BCUT2D eigenvalue weighted by molar-refractivity contribution is 7.12. The Bertz CT molecular complexity index is 1020. The zero-order valence-electron chi connectivity index (χ0n) is 17.1. The molecule has 3 aromatic rings. The molecule has 6 nitrogen and oxygen atoms in total. The number of aryl methyl sites for hydroxylation is 1. The van der Waals surface area contributed by atoms with Gasteiger partial charge in [-0.2, -0.15) is 0 Å². The zero-order valence-corrected chi connectivity index (χ0v) is 17.9. The van der Waals surface area contributed by atoms with Crippen molar-refractivity contribution in [2.24, 2.45) is 0 Å². The van der Waals surface area contributed by atoms with E-state index >= 15 is 0 Å². The van der Waals surface area contributed by atoms with Crippen molar-refractivity contribution < 1.29 is 19.0 Å². The molecular weight excluding hydrogens is 388 g/mol. The van der Waals surface area contributed by atoms with Gasteiger partial charge in [-0.15, -0.1) is 11.3 Å². The van der Waals surface area contributed by atoms with Crippen molar-refractivity contribution in [3.05, 3.63) is 45.5 Å². The standard InChI is InChI=1S/C22H26N2O4S/c1-4-28-19-10-20-23-17(15-5-7-27-8-6-15)12-24(20)11-16(19)9-18(25)22-21(26-3)14(2)13-29-22/h10-13,15H,4-9H2,1-3H3. The summed E-state index contributed by atoms with van der Waals surface area (Å²) in [6, 6.07) is 1.94. The first-order chi connectivity index (χ1) is 14.1. The topological polar surface area (TPSA) is 62.1 Å². The second-order valence-electron chi connectivity index (χ2n) is 7.29. The van der Waals surface area contributed by atoms with E-state index < -0.39 is 0 Å². The Labute approximate surface area is 174 Å². The van der Waals surface area contributed by atoms with Crippen molar-refractivity contribution in [2.75, 3.05) is 26.9 Å². The van der Waals surface area contributed by atoms with E-state index in [0.29, 0.717) is 28.9 Å². The summed E-state index contributed by atoms with van der Waals surface area (Å²) in [5.74, 6) is 1.83. The van der Waals surface area contributed by atoms with Crippen LogP contribution in [0, 0.1) is 6.92 Å². The van der Waals surface area contributed by atoms with Crippen LogP contribution in [0.2, 0.25) is 0 Å². The van der Waals surface area contributed by atoms with E-state index in [4.69, 9.17) is 19.2 Å². The van der Waals surface area contributed by atoms with E-state index in [-0.39, 0.29) is 12.2 Å². The molecule has 29 heavy (non-hydrogen) atoms. The summed E-state index contributed by atoms with van der Waals surface area (Å²) in [7, 11) is 1.60. The van der Waals surface area contributed by atoms with Gasteiger partial charge in [0.05, 0.1) is 19.4 Å². The van der Waals surface area contributed by atoms with Gasteiger partial charge in [0.1, 0.15) is 22.0 Å². The zero-order chi connectivity index (χ0) is 20.4. The van der Waals surface area contributed by atoms with Crippen molar-refractivity contribution in [1.82, 2.24) is 9.38 Å². The van der Waals surface area contributed by atoms with E-state index in [0.717, 1.165) is 48.5 Å². The molecule has 0 atom stereocenters. The molecule has 1 fully saturated rings. The molecule has 0 aliphatic carbocycles. The van der Waals surface area contributed by atoms with Crippen LogP contribution in [0.5, 0.6) is 11.5 Å². The average molecular weight is 415 g/mol. The van der Waals surface area contributed by atoms with Gasteiger partial charge < -0.3 is 18.6 Å². The second kappa shape index (κ2) is 8.55. The lowest BCUT2D eigenvalue weighted by Crippen LogP contribution is -2.14. The first-order valence-electron chi connectivity index (χ1n) is 9.98. The molecule has 0 radical (unpaired) electrons. The van der Waals surface area contributed by atoms with Gasteiger partial charge in [-0.3, -0.25) is 4.79 Å². The summed E-state index contributed by atoms with van der Waals surface area (Å²) in [6.45, 7) is 6.00. The van der Waals surface area contributed by atoms with Crippen molar-refractivity contribution in [3.63, 3.8) is 0 Å². The summed E-state index contributed by atoms with van der Waals surface area (Å²) < 4.78 is 18.7. The molecule has 0 unspecified atom stereocenters. The molecule has 4 rings (SSSR count). The Hall–Kier alpha value is -2.38. The van der Waals surface area contributed by atoms with Crippen molar-refractivity contribution in [3.8, 4) is 11.5 Å². The van der Waals surface area contributed by atoms with Gasteiger partial charge in [-0.05, 0) is 32.1 Å². The number of imidazole rings is 1. The molecule has 0 bridgehead atoms. The van der Waals surface area contributed by atoms with E-state index in [1.165, 1.54) is 11.3 Å². The quantitative estimate of drug-likeness (QED) is 0.535. The first kappa shape index (κ1) is 19.9. The number of ketones is 1. The van der Waals surface area contributed by atoms with Gasteiger partial charge >= 0.3 is 0 Å². The van der Waals surface area contributed by atoms with Gasteiger partial charge in [0.15, 0.2) is 5.78 Å². The molecule has 3 aromatic heterocycles. The Morgan fingerprint density at radius 3 is 2.86 bits per heavy atom. The minimum Gasteiger partial charge on any atom is -0.495 e. The fourth-order valence-corrected chi connectivity index (χ4v) is 4.78. The number of carbonyl (C=O) groups excluding carboxylic acids is 1. The molecule has 0 spiro atoms. The Balaban J connectivity index is 1.66. The molecule has 4 heterocycles. The third-order valence-corrected chi connectivity index (χ3v) is 6.44. The predicted octanol–water partition coefficient (Wildman–Crippen LogP) is 4.43. The summed E-state index contributed by atoms with van der Waals surface area (Å²) in [5.41, 5.74) is 3.76. The highest BCUT2D eigenvalue weighted by Crippen LogP contribution is 2.33. The fraction of sp³-hybridized carbons (Fsp3) is 0.455. The molecule has 1 aliphatic rings. The van der Waals surface area contributed by atoms with Crippen LogP contribution < -0.4 is 9.47 Å². The molecule has 1 aliphatic heterocycles. The van der Waals surface area contributed by atoms with Crippen LogP contribution in [0.15, 0.2) is 23.8 Å². The minimum absolute atomic E-state index is 0.0324. The molecule has 0 aromatic carbocycles. The SMILES string of the molecule is CCOc1cc2nc(C3CCOCC3)cn2cc1CC(=O)c1scc(C)c1OC. The molecule has 1 saturated heterocycles. The van der Waals surface area contributed by atoms with Crippen LogP contribution in [0.3, 0.4) is 0 Å². The van der Waals surface area contributed by atoms with Gasteiger partial charge in [0.25, 0.3) is 0 Å². The van der Waals surface area contributed by atoms with Crippen LogP contribution in [-0.4, -0.2) is 42.1 Å². The molecule has 7 heteroatoms. The first-order valence-corrected chi connectivity index (χ1v) is 10.9. The molecule has 154 valence electrons. The number of methoxy groups -OCH3 is 1. The predicted molar refractivity (Wildman–Crippen MR) is 113 cm³/mol. The number of hydrogen-bond donors (Lipinski definition) is 0. The number of ether oxygens (including phenoxy) is 3. The Morgan fingerprint density at radius 1 is 1.34 bits per heavy atom. The van der Waals surface area contributed by atoms with E-state index in [1.54, 1.807) is 7.11 Å².